The number of aryl methyl sites for hydroxylation is 1. The van der Waals surface area contributed by atoms with Gasteiger partial charge in [0.15, 0.2) is 0 Å². The van der Waals surface area contributed by atoms with Crippen molar-refractivity contribution >= 4 is 33.2 Å². The van der Waals surface area contributed by atoms with Crippen LogP contribution in [0.5, 0.6) is 0 Å². The van der Waals surface area contributed by atoms with Crippen LogP contribution in [-0.2, 0) is 0 Å². The van der Waals surface area contributed by atoms with Crippen molar-refractivity contribution in [2.75, 3.05) is 11.5 Å². The van der Waals surface area contributed by atoms with Crippen LogP contribution in [0.15, 0.2) is 36.4 Å². The lowest BCUT2D eigenvalue weighted by molar-refractivity contribution is 1.46. The number of pyridine rings is 1. The molecule has 0 radical (unpaired) electrons. The number of anilines is 2. The molecule has 0 aliphatic rings. The molecule has 0 bridgehead atoms. The minimum absolute atomic E-state index is 0.727. The van der Waals surface area contributed by atoms with E-state index in [1.807, 2.05) is 37.3 Å². The summed E-state index contributed by atoms with van der Waals surface area (Å²) in [5, 5.41) is 2.23. The third-order valence-electron chi connectivity index (χ3n) is 2.98. The van der Waals surface area contributed by atoms with E-state index in [0.29, 0.717) is 0 Å². The zero-order chi connectivity index (χ0) is 12.0. The highest BCUT2D eigenvalue weighted by molar-refractivity contribution is 5.96. The maximum atomic E-state index is 5.83. The molecule has 0 atom stereocenters. The van der Waals surface area contributed by atoms with E-state index < -0.39 is 0 Å². The largest absolute Gasteiger partial charge is 0.399 e. The Morgan fingerprint density at radius 3 is 2.47 bits per heavy atom. The van der Waals surface area contributed by atoms with Crippen LogP contribution < -0.4 is 11.5 Å². The first-order valence-corrected chi connectivity index (χ1v) is 5.49. The molecule has 0 amide bonds. The van der Waals surface area contributed by atoms with Gasteiger partial charge >= 0.3 is 0 Å². The molecule has 4 N–H and O–H groups in total. The lowest BCUT2D eigenvalue weighted by atomic mass is 10.1. The monoisotopic (exact) mass is 223 g/mol. The van der Waals surface area contributed by atoms with Crippen LogP contribution in [0.2, 0.25) is 0 Å². The van der Waals surface area contributed by atoms with E-state index in [-0.39, 0.29) is 0 Å². The van der Waals surface area contributed by atoms with Crippen molar-refractivity contribution in [3.63, 3.8) is 0 Å². The third kappa shape index (κ3) is 1.56. The Hall–Kier alpha value is -2.29. The summed E-state index contributed by atoms with van der Waals surface area (Å²) in [6.45, 7) is 2.05. The summed E-state index contributed by atoms with van der Waals surface area (Å²) in [6, 6.07) is 11.8. The average molecular weight is 223 g/mol. The molecule has 17 heavy (non-hydrogen) atoms. The van der Waals surface area contributed by atoms with Crippen molar-refractivity contribution in [3.05, 3.63) is 42.0 Å². The second kappa shape index (κ2) is 3.35. The quantitative estimate of drug-likeness (QED) is 0.455. The molecule has 1 aromatic heterocycles. The normalized spacial score (nSPS) is 11.1. The van der Waals surface area contributed by atoms with Crippen LogP contribution in [0.25, 0.3) is 21.8 Å². The van der Waals surface area contributed by atoms with Gasteiger partial charge in [-0.15, -0.1) is 0 Å². The Labute approximate surface area is 99.1 Å². The minimum atomic E-state index is 0.727. The van der Waals surface area contributed by atoms with Crippen LogP contribution in [0, 0.1) is 6.92 Å². The van der Waals surface area contributed by atoms with Crippen molar-refractivity contribution in [3.8, 4) is 0 Å². The Morgan fingerprint density at radius 2 is 1.65 bits per heavy atom. The molecule has 0 aliphatic carbocycles. The molecular formula is C14H13N3. The number of hydrogen-bond donors (Lipinski definition) is 2. The van der Waals surface area contributed by atoms with Crippen molar-refractivity contribution in [1.82, 2.24) is 4.98 Å². The van der Waals surface area contributed by atoms with Crippen molar-refractivity contribution in [2.24, 2.45) is 0 Å². The van der Waals surface area contributed by atoms with Gasteiger partial charge in [0.05, 0.1) is 11.0 Å². The summed E-state index contributed by atoms with van der Waals surface area (Å²) in [5.74, 6) is 0. The number of fused-ring (bicyclic) bond motifs is 2. The number of nitrogen functional groups attached to an aromatic ring is 2. The molecule has 3 rings (SSSR count). The molecule has 84 valence electrons. The smallest absolute Gasteiger partial charge is 0.0732 e. The fourth-order valence-electron chi connectivity index (χ4n) is 2.15. The highest BCUT2D eigenvalue weighted by atomic mass is 14.7. The highest BCUT2D eigenvalue weighted by Gasteiger charge is 2.03. The molecule has 0 fully saturated rings. The standard InChI is InChI=1S/C14H13N3/c1-8-4-11(16)7-14-12(8)5-9-2-3-10(15)6-13(9)17-14/h2-7H,15-16H2,1H3. The average Bonchev–Trinajstić information content (AvgIpc) is 2.26. The van der Waals surface area contributed by atoms with Gasteiger partial charge in [-0.2, -0.15) is 0 Å². The van der Waals surface area contributed by atoms with E-state index >= 15 is 0 Å². The summed E-state index contributed by atoms with van der Waals surface area (Å²) in [7, 11) is 0. The van der Waals surface area contributed by atoms with Gasteiger partial charge in [-0.25, -0.2) is 4.98 Å². The molecule has 0 spiro atoms. The van der Waals surface area contributed by atoms with Gasteiger partial charge in [0.25, 0.3) is 0 Å². The van der Waals surface area contributed by atoms with E-state index in [1.165, 1.54) is 0 Å². The minimum Gasteiger partial charge on any atom is -0.399 e. The number of rotatable bonds is 0. The molecule has 0 saturated heterocycles. The third-order valence-corrected chi connectivity index (χ3v) is 2.98. The van der Waals surface area contributed by atoms with Crippen LogP contribution in [0.1, 0.15) is 5.56 Å². The van der Waals surface area contributed by atoms with Gasteiger partial charge in [0.2, 0.25) is 0 Å². The lowest BCUT2D eigenvalue weighted by Crippen LogP contribution is -1.91. The molecule has 0 saturated carbocycles. The van der Waals surface area contributed by atoms with Gasteiger partial charge in [0.1, 0.15) is 0 Å². The van der Waals surface area contributed by atoms with Gasteiger partial charge in [-0.1, -0.05) is 6.07 Å². The number of benzene rings is 2. The van der Waals surface area contributed by atoms with E-state index in [1.54, 1.807) is 0 Å². The SMILES string of the molecule is Cc1cc(N)cc2nc3cc(N)ccc3cc12. The molecular weight excluding hydrogens is 210 g/mol. The summed E-state index contributed by atoms with van der Waals surface area (Å²) in [6.07, 6.45) is 0. The molecule has 0 unspecified atom stereocenters. The van der Waals surface area contributed by atoms with Gasteiger partial charge in [-0.3, -0.25) is 0 Å². The second-order valence-corrected chi connectivity index (χ2v) is 4.34. The molecule has 3 nitrogen and oxygen atoms in total. The number of nitrogens with two attached hydrogens (primary N) is 2. The van der Waals surface area contributed by atoms with E-state index in [2.05, 4.69) is 11.1 Å². The number of nitrogens with zero attached hydrogens (tertiary/aromatic N) is 1. The molecule has 0 aliphatic heterocycles. The maximum absolute atomic E-state index is 5.83. The first-order valence-electron chi connectivity index (χ1n) is 5.49. The Morgan fingerprint density at radius 1 is 0.882 bits per heavy atom. The van der Waals surface area contributed by atoms with E-state index in [9.17, 15) is 0 Å². The molecule has 3 heteroatoms. The summed E-state index contributed by atoms with van der Waals surface area (Å²) >= 11 is 0. The summed E-state index contributed by atoms with van der Waals surface area (Å²) in [4.78, 5) is 4.60. The van der Waals surface area contributed by atoms with E-state index in [0.717, 1.165) is 38.7 Å². The topological polar surface area (TPSA) is 64.9 Å². The van der Waals surface area contributed by atoms with E-state index in [4.69, 9.17) is 11.5 Å². The second-order valence-electron chi connectivity index (χ2n) is 4.34. The fourth-order valence-corrected chi connectivity index (χ4v) is 2.15. The number of aromatic nitrogens is 1. The maximum Gasteiger partial charge on any atom is 0.0732 e. The predicted molar refractivity (Wildman–Crippen MR) is 72.8 cm³/mol. The van der Waals surface area contributed by atoms with Crippen LogP contribution >= 0.6 is 0 Å². The zero-order valence-corrected chi connectivity index (χ0v) is 9.57. The van der Waals surface area contributed by atoms with Crippen molar-refractivity contribution in [2.45, 2.75) is 6.92 Å². The predicted octanol–water partition coefficient (Wildman–Crippen LogP) is 2.86. The number of hydrogen-bond acceptors (Lipinski definition) is 3. The van der Waals surface area contributed by atoms with Gasteiger partial charge < -0.3 is 11.5 Å². The molecule has 2 aromatic carbocycles. The Kier molecular flexibility index (Phi) is 1.95. The highest BCUT2D eigenvalue weighted by Crippen LogP contribution is 2.25. The molecule has 3 aromatic rings. The van der Waals surface area contributed by atoms with Gasteiger partial charge in [-0.05, 0) is 42.8 Å². The summed E-state index contributed by atoms with van der Waals surface area (Å²) < 4.78 is 0. The summed E-state index contributed by atoms with van der Waals surface area (Å²) in [5.41, 5.74) is 16.0. The van der Waals surface area contributed by atoms with Crippen LogP contribution in [-0.4, -0.2) is 4.98 Å². The van der Waals surface area contributed by atoms with Crippen molar-refractivity contribution < 1.29 is 0 Å². The Balaban J connectivity index is 2.47. The lowest BCUT2D eigenvalue weighted by Gasteiger charge is -2.06. The van der Waals surface area contributed by atoms with Crippen LogP contribution in [0.4, 0.5) is 11.4 Å². The van der Waals surface area contributed by atoms with Crippen LogP contribution in [0.3, 0.4) is 0 Å². The van der Waals surface area contributed by atoms with Gasteiger partial charge in [0, 0.05) is 22.1 Å². The zero-order valence-electron chi connectivity index (χ0n) is 9.57. The fraction of sp³-hybridized carbons (Fsp3) is 0.0714. The Bertz CT molecular complexity index is 732. The first-order chi connectivity index (χ1) is 8.13. The first kappa shape index (κ1) is 9.90. The molecule has 1 heterocycles. The van der Waals surface area contributed by atoms with Crippen molar-refractivity contribution in [1.29, 1.82) is 0 Å².